The highest BCUT2D eigenvalue weighted by atomic mass is 35.5. The minimum absolute atomic E-state index is 0.0721. The summed E-state index contributed by atoms with van der Waals surface area (Å²) >= 11 is 5.86. The number of rotatable bonds is 7. The molecule has 0 aliphatic rings. The van der Waals surface area contributed by atoms with Gasteiger partial charge in [-0.05, 0) is 37.1 Å². The highest BCUT2D eigenvalue weighted by Gasteiger charge is 2.10. The van der Waals surface area contributed by atoms with Gasteiger partial charge in [-0.2, -0.15) is 15.0 Å². The van der Waals surface area contributed by atoms with Gasteiger partial charge in [0.15, 0.2) is 11.5 Å². The van der Waals surface area contributed by atoms with Crippen LogP contribution in [0.4, 0.5) is 5.95 Å². The van der Waals surface area contributed by atoms with Crippen LogP contribution in [0.2, 0.25) is 5.28 Å². The Kier molecular flexibility index (Phi) is 5.57. The molecule has 0 fully saturated rings. The number of nitrogens with zero attached hydrogens (tertiary/aromatic N) is 3. The Morgan fingerprint density at radius 1 is 1.10 bits per heavy atom. The van der Waals surface area contributed by atoms with Gasteiger partial charge in [0.05, 0.1) is 6.61 Å². The number of ether oxygens (including phenoxy) is 2. The molecule has 1 aromatic carbocycles. The van der Waals surface area contributed by atoms with Crippen LogP contribution >= 0.6 is 11.6 Å². The summed E-state index contributed by atoms with van der Waals surface area (Å²) in [7, 11) is 0. The third-order valence-electron chi connectivity index (χ3n) is 2.43. The van der Waals surface area contributed by atoms with Crippen molar-refractivity contribution in [3.8, 4) is 17.5 Å². The van der Waals surface area contributed by atoms with Crippen molar-refractivity contribution in [1.82, 2.24) is 15.0 Å². The van der Waals surface area contributed by atoms with Crippen molar-refractivity contribution in [2.24, 2.45) is 0 Å². The van der Waals surface area contributed by atoms with Gasteiger partial charge in [-0.15, -0.1) is 0 Å². The minimum atomic E-state index is 0.0721. The first-order valence-corrected chi connectivity index (χ1v) is 7.15. The lowest BCUT2D eigenvalue weighted by Gasteiger charge is -2.11. The van der Waals surface area contributed by atoms with Gasteiger partial charge in [-0.25, -0.2) is 0 Å². The number of hydrogen-bond donors (Lipinski definition) is 1. The monoisotopic (exact) mass is 308 g/mol. The zero-order valence-electron chi connectivity index (χ0n) is 12.0. The number of nitrogens with one attached hydrogen (secondary N) is 1. The van der Waals surface area contributed by atoms with Crippen molar-refractivity contribution in [1.29, 1.82) is 0 Å². The van der Waals surface area contributed by atoms with Crippen LogP contribution in [-0.2, 0) is 0 Å². The fraction of sp³-hybridized carbons (Fsp3) is 0.357. The molecule has 0 saturated heterocycles. The van der Waals surface area contributed by atoms with Crippen molar-refractivity contribution in [3.63, 3.8) is 0 Å². The SMILES string of the molecule is CCCOc1ccccc1Oc1nc(Cl)nc(NCC)n1. The Hall–Kier alpha value is -2.08. The normalized spacial score (nSPS) is 10.2. The number of anilines is 1. The summed E-state index contributed by atoms with van der Waals surface area (Å²) in [5.74, 6) is 1.55. The summed E-state index contributed by atoms with van der Waals surface area (Å²) in [5, 5.41) is 3.04. The van der Waals surface area contributed by atoms with Crippen LogP contribution in [0.3, 0.4) is 0 Å². The molecule has 0 atom stereocenters. The number of benzene rings is 1. The molecule has 0 unspecified atom stereocenters. The number of aromatic nitrogens is 3. The van der Waals surface area contributed by atoms with Crippen LogP contribution in [0.15, 0.2) is 24.3 Å². The molecule has 1 heterocycles. The standard InChI is InChI=1S/C14H17ClN4O2/c1-3-9-20-10-7-5-6-8-11(10)21-14-18-12(15)17-13(19-14)16-4-2/h5-8H,3-4,9H2,1-2H3,(H,16,17,18,19). The molecule has 6 nitrogen and oxygen atoms in total. The van der Waals surface area contributed by atoms with Gasteiger partial charge in [0.1, 0.15) is 0 Å². The Bertz CT molecular complexity index is 595. The molecule has 0 amide bonds. The van der Waals surface area contributed by atoms with Crippen molar-refractivity contribution < 1.29 is 9.47 Å². The van der Waals surface area contributed by atoms with Gasteiger partial charge in [0.2, 0.25) is 11.2 Å². The van der Waals surface area contributed by atoms with Crippen LogP contribution in [0.5, 0.6) is 17.5 Å². The molecule has 0 aliphatic heterocycles. The summed E-state index contributed by atoms with van der Waals surface area (Å²) in [4.78, 5) is 12.1. The number of para-hydroxylation sites is 2. The van der Waals surface area contributed by atoms with E-state index in [0.29, 0.717) is 30.6 Å². The Labute approximate surface area is 128 Å². The fourth-order valence-corrected chi connectivity index (χ4v) is 1.73. The van der Waals surface area contributed by atoms with E-state index in [0.717, 1.165) is 6.42 Å². The van der Waals surface area contributed by atoms with E-state index >= 15 is 0 Å². The second kappa shape index (κ2) is 7.64. The van der Waals surface area contributed by atoms with Gasteiger partial charge in [-0.3, -0.25) is 0 Å². The first kappa shape index (κ1) is 15.3. The zero-order valence-corrected chi connectivity index (χ0v) is 12.7. The highest BCUT2D eigenvalue weighted by molar-refractivity contribution is 6.28. The first-order chi connectivity index (χ1) is 10.2. The molecule has 1 N–H and O–H groups in total. The van der Waals surface area contributed by atoms with Crippen LogP contribution in [0.25, 0.3) is 0 Å². The average molecular weight is 309 g/mol. The second-order valence-electron chi connectivity index (χ2n) is 4.14. The zero-order chi connectivity index (χ0) is 15.1. The van der Waals surface area contributed by atoms with E-state index in [-0.39, 0.29) is 11.3 Å². The highest BCUT2D eigenvalue weighted by Crippen LogP contribution is 2.30. The maximum absolute atomic E-state index is 5.86. The Balaban J connectivity index is 2.21. The lowest BCUT2D eigenvalue weighted by atomic mass is 10.3. The maximum Gasteiger partial charge on any atom is 0.328 e. The lowest BCUT2D eigenvalue weighted by molar-refractivity contribution is 0.299. The minimum Gasteiger partial charge on any atom is -0.490 e. The van der Waals surface area contributed by atoms with Gasteiger partial charge < -0.3 is 14.8 Å². The predicted octanol–water partition coefficient (Wildman–Crippen LogP) is 3.54. The van der Waals surface area contributed by atoms with Crippen LogP contribution < -0.4 is 14.8 Å². The van der Waals surface area contributed by atoms with Crippen molar-refractivity contribution in [3.05, 3.63) is 29.5 Å². The third kappa shape index (κ3) is 4.46. The van der Waals surface area contributed by atoms with E-state index in [2.05, 4.69) is 20.3 Å². The van der Waals surface area contributed by atoms with Crippen LogP contribution in [0.1, 0.15) is 20.3 Å². The smallest absolute Gasteiger partial charge is 0.328 e. The van der Waals surface area contributed by atoms with Gasteiger partial charge in [-0.1, -0.05) is 19.1 Å². The number of halogens is 1. The Morgan fingerprint density at radius 2 is 1.86 bits per heavy atom. The molecule has 0 radical (unpaired) electrons. The van der Waals surface area contributed by atoms with E-state index in [4.69, 9.17) is 21.1 Å². The number of hydrogen-bond acceptors (Lipinski definition) is 6. The quantitative estimate of drug-likeness (QED) is 0.843. The maximum atomic E-state index is 5.86. The Morgan fingerprint density at radius 3 is 2.57 bits per heavy atom. The fourth-order valence-electron chi connectivity index (χ4n) is 1.58. The molecule has 7 heteroatoms. The van der Waals surface area contributed by atoms with Crippen molar-refractivity contribution in [2.75, 3.05) is 18.5 Å². The summed E-state index contributed by atoms with van der Waals surface area (Å²) in [5.41, 5.74) is 0. The van der Waals surface area contributed by atoms with E-state index in [9.17, 15) is 0 Å². The molecule has 0 spiro atoms. The van der Waals surface area contributed by atoms with Crippen molar-refractivity contribution in [2.45, 2.75) is 20.3 Å². The van der Waals surface area contributed by atoms with Crippen LogP contribution in [-0.4, -0.2) is 28.1 Å². The molecular weight excluding hydrogens is 292 g/mol. The summed E-state index contributed by atoms with van der Waals surface area (Å²) in [6.45, 7) is 5.26. The largest absolute Gasteiger partial charge is 0.490 e. The molecule has 0 saturated carbocycles. The topological polar surface area (TPSA) is 69.2 Å². The van der Waals surface area contributed by atoms with E-state index < -0.39 is 0 Å². The van der Waals surface area contributed by atoms with E-state index in [1.165, 1.54) is 0 Å². The second-order valence-corrected chi connectivity index (χ2v) is 4.48. The van der Waals surface area contributed by atoms with Crippen LogP contribution in [0, 0.1) is 0 Å². The molecule has 0 aliphatic carbocycles. The molecule has 21 heavy (non-hydrogen) atoms. The predicted molar refractivity (Wildman–Crippen MR) is 81.3 cm³/mol. The van der Waals surface area contributed by atoms with Crippen molar-refractivity contribution >= 4 is 17.5 Å². The van der Waals surface area contributed by atoms with Gasteiger partial charge in [0.25, 0.3) is 0 Å². The molecule has 1 aromatic heterocycles. The molecule has 2 rings (SSSR count). The average Bonchev–Trinajstić information content (AvgIpc) is 2.46. The first-order valence-electron chi connectivity index (χ1n) is 6.78. The summed E-state index contributed by atoms with van der Waals surface area (Å²) in [6, 6.07) is 7.47. The van der Waals surface area contributed by atoms with Gasteiger partial charge in [0, 0.05) is 6.54 Å². The molecule has 112 valence electrons. The molecular formula is C14H17ClN4O2. The van der Waals surface area contributed by atoms with E-state index in [1.807, 2.05) is 32.0 Å². The lowest BCUT2D eigenvalue weighted by Crippen LogP contribution is -2.05. The molecule has 0 bridgehead atoms. The summed E-state index contributed by atoms with van der Waals surface area (Å²) in [6.07, 6.45) is 0.913. The van der Waals surface area contributed by atoms with E-state index in [1.54, 1.807) is 6.07 Å². The van der Waals surface area contributed by atoms with Gasteiger partial charge >= 0.3 is 6.01 Å². The summed E-state index contributed by atoms with van der Waals surface area (Å²) < 4.78 is 11.3. The third-order valence-corrected chi connectivity index (χ3v) is 2.60. The molecule has 2 aromatic rings.